The Kier molecular flexibility index (Phi) is 1.66. The van der Waals surface area contributed by atoms with Gasteiger partial charge in [-0.1, -0.05) is 0 Å². The maximum absolute atomic E-state index is 5.60. The molecule has 2 heteroatoms. The van der Waals surface area contributed by atoms with Crippen molar-refractivity contribution in [2.24, 2.45) is 0 Å². The third-order valence-corrected chi connectivity index (χ3v) is 2.38. The van der Waals surface area contributed by atoms with Gasteiger partial charge in [0, 0.05) is 12.8 Å². The fraction of sp³-hybridized carbons (Fsp3) is 1.00. The van der Waals surface area contributed by atoms with Crippen LogP contribution in [0.2, 0.25) is 0 Å². The van der Waals surface area contributed by atoms with Gasteiger partial charge in [0.1, 0.15) is 0 Å². The van der Waals surface area contributed by atoms with Crippen molar-refractivity contribution in [2.75, 3.05) is 13.2 Å². The summed E-state index contributed by atoms with van der Waals surface area (Å²) in [5.41, 5.74) is 0. The van der Waals surface area contributed by atoms with Gasteiger partial charge < -0.3 is 9.47 Å². The fourth-order valence-corrected chi connectivity index (χ4v) is 1.81. The van der Waals surface area contributed by atoms with E-state index in [4.69, 9.17) is 9.47 Å². The second-order valence-electron chi connectivity index (χ2n) is 3.17. The van der Waals surface area contributed by atoms with Crippen LogP contribution < -0.4 is 0 Å². The summed E-state index contributed by atoms with van der Waals surface area (Å²) in [6, 6.07) is 0. The Labute approximate surface area is 61.5 Å². The molecule has 2 heterocycles. The molecule has 0 amide bonds. The van der Waals surface area contributed by atoms with Crippen LogP contribution in [0.15, 0.2) is 0 Å². The third kappa shape index (κ3) is 1.06. The maximum Gasteiger partial charge on any atom is 0.168 e. The van der Waals surface area contributed by atoms with E-state index in [1.807, 2.05) is 0 Å². The first-order valence-corrected chi connectivity index (χ1v) is 4.19. The quantitative estimate of drug-likeness (QED) is 0.512. The predicted molar refractivity (Wildman–Crippen MR) is 37.7 cm³/mol. The lowest BCUT2D eigenvalue weighted by atomic mass is 10.0. The summed E-state index contributed by atoms with van der Waals surface area (Å²) in [6.45, 7) is 1.81. The predicted octanol–water partition coefficient (Wildman–Crippen LogP) is 1.69. The van der Waals surface area contributed by atoms with Gasteiger partial charge in [-0.3, -0.25) is 0 Å². The van der Waals surface area contributed by atoms with Gasteiger partial charge >= 0.3 is 0 Å². The van der Waals surface area contributed by atoms with E-state index in [-0.39, 0.29) is 5.79 Å². The molecule has 2 nitrogen and oxygen atoms in total. The van der Waals surface area contributed by atoms with Crippen molar-refractivity contribution < 1.29 is 9.47 Å². The van der Waals surface area contributed by atoms with E-state index in [0.29, 0.717) is 0 Å². The van der Waals surface area contributed by atoms with Crippen LogP contribution in [0.4, 0.5) is 0 Å². The van der Waals surface area contributed by atoms with Crippen molar-refractivity contribution in [3.05, 3.63) is 0 Å². The summed E-state index contributed by atoms with van der Waals surface area (Å²) < 4.78 is 11.2. The van der Waals surface area contributed by atoms with Crippen LogP contribution in [-0.2, 0) is 9.47 Å². The summed E-state index contributed by atoms with van der Waals surface area (Å²) >= 11 is 0. The monoisotopic (exact) mass is 142 g/mol. The normalized spacial score (nSPS) is 40.8. The minimum Gasteiger partial charge on any atom is -0.350 e. The molecule has 2 rings (SSSR count). The summed E-state index contributed by atoms with van der Waals surface area (Å²) in [4.78, 5) is 0. The van der Waals surface area contributed by atoms with Crippen LogP contribution in [0.3, 0.4) is 0 Å². The fourth-order valence-electron chi connectivity index (χ4n) is 1.81. The number of hydrogen-bond acceptors (Lipinski definition) is 2. The van der Waals surface area contributed by atoms with Gasteiger partial charge in [-0.25, -0.2) is 0 Å². The molecule has 2 fully saturated rings. The second-order valence-corrected chi connectivity index (χ2v) is 3.17. The molecular formula is C8H14O2. The molecule has 0 aromatic carbocycles. The van der Waals surface area contributed by atoms with Crippen LogP contribution >= 0.6 is 0 Å². The Bertz CT molecular complexity index is 108. The lowest BCUT2D eigenvalue weighted by molar-refractivity contribution is -0.229. The van der Waals surface area contributed by atoms with Crippen molar-refractivity contribution in [3.63, 3.8) is 0 Å². The highest BCUT2D eigenvalue weighted by atomic mass is 16.7. The van der Waals surface area contributed by atoms with Gasteiger partial charge in [0.05, 0.1) is 13.2 Å². The summed E-state index contributed by atoms with van der Waals surface area (Å²) in [5, 5.41) is 0. The molecule has 0 aliphatic carbocycles. The largest absolute Gasteiger partial charge is 0.350 e. The molecule has 0 N–H and O–H groups in total. The van der Waals surface area contributed by atoms with Gasteiger partial charge in [0.15, 0.2) is 5.79 Å². The lowest BCUT2D eigenvalue weighted by Crippen LogP contribution is -2.34. The first-order valence-electron chi connectivity index (χ1n) is 4.19. The van der Waals surface area contributed by atoms with E-state index >= 15 is 0 Å². The van der Waals surface area contributed by atoms with Gasteiger partial charge in [-0.15, -0.1) is 0 Å². The molecule has 0 bridgehead atoms. The van der Waals surface area contributed by atoms with E-state index < -0.39 is 0 Å². The van der Waals surface area contributed by atoms with Crippen molar-refractivity contribution in [3.8, 4) is 0 Å². The SMILES string of the molecule is C1CC[C@]2(CCCO2)OC1. The molecule has 2 saturated heterocycles. The molecular weight excluding hydrogens is 128 g/mol. The first-order chi connectivity index (χ1) is 4.91. The molecule has 2 aliphatic heterocycles. The summed E-state index contributed by atoms with van der Waals surface area (Å²) in [5.74, 6) is -0.127. The van der Waals surface area contributed by atoms with Crippen LogP contribution in [0.1, 0.15) is 32.1 Å². The molecule has 58 valence electrons. The first kappa shape index (κ1) is 6.62. The number of ether oxygens (including phenoxy) is 2. The zero-order chi connectivity index (χ0) is 6.86. The smallest absolute Gasteiger partial charge is 0.168 e. The van der Waals surface area contributed by atoms with Crippen molar-refractivity contribution in [1.82, 2.24) is 0 Å². The second kappa shape index (κ2) is 2.51. The van der Waals surface area contributed by atoms with E-state index in [1.54, 1.807) is 0 Å². The highest BCUT2D eigenvalue weighted by Gasteiger charge is 2.37. The van der Waals surface area contributed by atoms with Crippen molar-refractivity contribution >= 4 is 0 Å². The minimum atomic E-state index is -0.127. The summed E-state index contributed by atoms with van der Waals surface area (Å²) in [6.07, 6.45) is 5.91. The third-order valence-electron chi connectivity index (χ3n) is 2.38. The van der Waals surface area contributed by atoms with Crippen molar-refractivity contribution in [1.29, 1.82) is 0 Å². The highest BCUT2D eigenvalue weighted by Crippen LogP contribution is 2.34. The lowest BCUT2D eigenvalue weighted by Gasteiger charge is -2.32. The van der Waals surface area contributed by atoms with Gasteiger partial charge in [0.2, 0.25) is 0 Å². The topological polar surface area (TPSA) is 18.5 Å². The molecule has 2 aliphatic rings. The Morgan fingerprint density at radius 1 is 0.800 bits per heavy atom. The number of rotatable bonds is 0. The molecule has 1 spiro atoms. The molecule has 0 saturated carbocycles. The van der Waals surface area contributed by atoms with Crippen molar-refractivity contribution in [2.45, 2.75) is 37.9 Å². The Morgan fingerprint density at radius 3 is 2.10 bits per heavy atom. The van der Waals surface area contributed by atoms with Gasteiger partial charge in [-0.2, -0.15) is 0 Å². The van der Waals surface area contributed by atoms with Gasteiger partial charge in [-0.05, 0) is 19.3 Å². The van der Waals surface area contributed by atoms with Crippen LogP contribution in [-0.4, -0.2) is 19.0 Å². The Balaban J connectivity index is 1.98. The van der Waals surface area contributed by atoms with E-state index in [2.05, 4.69) is 0 Å². The molecule has 0 unspecified atom stereocenters. The average Bonchev–Trinajstić information content (AvgIpc) is 2.39. The van der Waals surface area contributed by atoms with Crippen LogP contribution in [0, 0.1) is 0 Å². The van der Waals surface area contributed by atoms with E-state index in [1.165, 1.54) is 19.3 Å². The molecule has 0 aromatic heterocycles. The minimum absolute atomic E-state index is 0.127. The van der Waals surface area contributed by atoms with Crippen LogP contribution in [0.5, 0.6) is 0 Å². The summed E-state index contributed by atoms with van der Waals surface area (Å²) in [7, 11) is 0. The molecule has 1 atom stereocenters. The standard InChI is InChI=1S/C8H14O2/c1-2-6-9-8(4-1)5-3-7-10-8/h1-7H2/t8-/m0/s1. The van der Waals surface area contributed by atoms with E-state index in [0.717, 1.165) is 26.1 Å². The Morgan fingerprint density at radius 2 is 1.50 bits per heavy atom. The average molecular weight is 142 g/mol. The van der Waals surface area contributed by atoms with Gasteiger partial charge in [0.25, 0.3) is 0 Å². The Hall–Kier alpha value is -0.0800. The molecule has 0 radical (unpaired) electrons. The molecule has 10 heavy (non-hydrogen) atoms. The zero-order valence-electron chi connectivity index (χ0n) is 6.27. The number of hydrogen-bond donors (Lipinski definition) is 0. The highest BCUT2D eigenvalue weighted by molar-refractivity contribution is 4.77. The van der Waals surface area contributed by atoms with E-state index in [9.17, 15) is 0 Å². The molecule has 0 aromatic rings. The van der Waals surface area contributed by atoms with Crippen LogP contribution in [0.25, 0.3) is 0 Å². The zero-order valence-corrected chi connectivity index (χ0v) is 6.27. The maximum atomic E-state index is 5.60.